The van der Waals surface area contributed by atoms with Crippen LogP contribution in [0, 0.1) is 0 Å². The summed E-state index contributed by atoms with van der Waals surface area (Å²) in [5, 5.41) is 4.51. The minimum absolute atomic E-state index is 0.0447. The Hall–Kier alpha value is -2.82. The number of ketones is 1. The first-order valence-corrected chi connectivity index (χ1v) is 11.3. The van der Waals surface area contributed by atoms with E-state index in [4.69, 9.17) is 23.2 Å². The van der Waals surface area contributed by atoms with Crippen molar-refractivity contribution in [3.8, 4) is 0 Å². The van der Waals surface area contributed by atoms with Gasteiger partial charge in [-0.3, -0.25) is 9.59 Å². The second-order valence-electron chi connectivity index (χ2n) is 8.14. The number of halogens is 2. The van der Waals surface area contributed by atoms with E-state index in [1.807, 2.05) is 78.6 Å². The maximum Gasteiger partial charge on any atom is 0.239 e. The number of nitrogens with zero attached hydrogens (tertiary/aromatic N) is 1. The summed E-state index contributed by atoms with van der Waals surface area (Å²) in [6, 6.07) is 22.8. The number of carbonyl (C=O) groups excluding carboxylic acids is 2. The molecule has 0 fully saturated rings. The van der Waals surface area contributed by atoms with Crippen molar-refractivity contribution in [3.05, 3.63) is 99.5 Å². The van der Waals surface area contributed by atoms with Gasteiger partial charge in [-0.05, 0) is 60.9 Å². The summed E-state index contributed by atoms with van der Waals surface area (Å²) in [6.07, 6.45) is 0.741. The molecule has 4 nitrogen and oxygen atoms in total. The number of amides is 1. The van der Waals surface area contributed by atoms with Crippen LogP contribution < -0.4 is 10.2 Å². The van der Waals surface area contributed by atoms with Crippen molar-refractivity contribution in [1.82, 2.24) is 5.32 Å². The molecule has 4 rings (SSSR count). The number of fused-ring (bicyclic) bond motifs is 1. The Bertz CT molecular complexity index is 1110. The van der Waals surface area contributed by atoms with Crippen LogP contribution in [-0.2, 0) is 11.2 Å². The van der Waals surface area contributed by atoms with E-state index in [-0.39, 0.29) is 36.7 Å². The fraction of sp³-hybridized carbons (Fsp3) is 0.231. The second kappa shape index (κ2) is 9.76. The zero-order valence-electron chi connectivity index (χ0n) is 17.7. The number of carbonyl (C=O) groups is 2. The lowest BCUT2D eigenvalue weighted by atomic mass is 9.86. The molecule has 164 valence electrons. The van der Waals surface area contributed by atoms with Crippen molar-refractivity contribution in [2.24, 2.45) is 0 Å². The molecule has 0 saturated carbocycles. The topological polar surface area (TPSA) is 49.4 Å². The highest BCUT2D eigenvalue weighted by atomic mass is 35.5. The van der Waals surface area contributed by atoms with Crippen LogP contribution in [0.2, 0.25) is 10.0 Å². The first kappa shape index (κ1) is 22.4. The molecule has 32 heavy (non-hydrogen) atoms. The van der Waals surface area contributed by atoms with E-state index in [1.54, 1.807) is 6.07 Å². The number of Topliss-reactive ketones (excluding diaryl/α,β-unsaturated/α-hetero) is 1. The molecule has 1 aliphatic rings. The maximum atomic E-state index is 12.9. The number of hydrogen-bond acceptors (Lipinski definition) is 3. The van der Waals surface area contributed by atoms with Gasteiger partial charge >= 0.3 is 0 Å². The van der Waals surface area contributed by atoms with Crippen LogP contribution in [0.1, 0.15) is 34.3 Å². The molecular formula is C26H24Cl2N2O2. The van der Waals surface area contributed by atoms with E-state index in [0.717, 1.165) is 23.2 Å². The molecule has 0 aromatic heterocycles. The minimum Gasteiger partial charge on any atom is -0.354 e. The van der Waals surface area contributed by atoms with Gasteiger partial charge in [0, 0.05) is 33.3 Å². The molecule has 0 aliphatic carbocycles. The number of benzene rings is 3. The van der Waals surface area contributed by atoms with Crippen molar-refractivity contribution in [2.45, 2.75) is 25.3 Å². The summed E-state index contributed by atoms with van der Waals surface area (Å²) < 4.78 is 0. The zero-order valence-corrected chi connectivity index (χ0v) is 19.2. The summed E-state index contributed by atoms with van der Waals surface area (Å²) >= 11 is 12.1. The Kier molecular flexibility index (Phi) is 6.83. The summed E-state index contributed by atoms with van der Waals surface area (Å²) in [7, 11) is 0. The van der Waals surface area contributed by atoms with Gasteiger partial charge in [-0.1, -0.05) is 59.6 Å². The molecule has 1 amide bonds. The predicted octanol–water partition coefficient (Wildman–Crippen LogP) is 5.53. The van der Waals surface area contributed by atoms with E-state index >= 15 is 0 Å². The summed E-state index contributed by atoms with van der Waals surface area (Å²) in [6.45, 7) is 2.38. The average molecular weight is 467 g/mol. The average Bonchev–Trinajstić information content (AvgIpc) is 3.09. The fourth-order valence-electron chi connectivity index (χ4n) is 4.21. The molecule has 3 aromatic carbocycles. The third-order valence-electron chi connectivity index (χ3n) is 5.87. The van der Waals surface area contributed by atoms with Gasteiger partial charge in [-0.25, -0.2) is 0 Å². The lowest BCUT2D eigenvalue weighted by molar-refractivity contribution is -0.120. The summed E-state index contributed by atoms with van der Waals surface area (Å²) in [4.78, 5) is 27.0. The van der Waals surface area contributed by atoms with Crippen LogP contribution in [0.15, 0.2) is 72.8 Å². The third kappa shape index (κ3) is 5.14. The minimum atomic E-state index is -0.132. The van der Waals surface area contributed by atoms with Crippen LogP contribution in [-0.4, -0.2) is 30.8 Å². The molecule has 0 radical (unpaired) electrons. The maximum absolute atomic E-state index is 12.9. The molecule has 2 atom stereocenters. The molecule has 1 aliphatic heterocycles. The quantitative estimate of drug-likeness (QED) is 0.497. The normalized spacial score (nSPS) is 14.7. The number of hydrogen-bond donors (Lipinski definition) is 1. The van der Waals surface area contributed by atoms with Crippen LogP contribution in [0.5, 0.6) is 0 Å². The lowest BCUT2D eigenvalue weighted by Gasteiger charge is -2.27. The van der Waals surface area contributed by atoms with Gasteiger partial charge in [-0.15, -0.1) is 0 Å². The van der Waals surface area contributed by atoms with Gasteiger partial charge in [-0.2, -0.15) is 0 Å². The van der Waals surface area contributed by atoms with Gasteiger partial charge in [0.2, 0.25) is 5.91 Å². The molecular weight excluding hydrogens is 443 g/mol. The van der Waals surface area contributed by atoms with Crippen molar-refractivity contribution in [3.63, 3.8) is 0 Å². The van der Waals surface area contributed by atoms with Gasteiger partial charge in [0.25, 0.3) is 0 Å². The Morgan fingerprint density at radius 3 is 2.28 bits per heavy atom. The van der Waals surface area contributed by atoms with Crippen molar-refractivity contribution in [2.75, 3.05) is 18.0 Å². The Labute approximate surface area is 198 Å². The smallest absolute Gasteiger partial charge is 0.239 e. The van der Waals surface area contributed by atoms with E-state index in [0.29, 0.717) is 15.6 Å². The molecule has 3 aromatic rings. The Balaban J connectivity index is 1.48. The fourth-order valence-corrected chi connectivity index (χ4v) is 4.46. The van der Waals surface area contributed by atoms with Crippen LogP contribution in [0.3, 0.4) is 0 Å². The summed E-state index contributed by atoms with van der Waals surface area (Å²) in [5.41, 5.74) is 3.72. The summed E-state index contributed by atoms with van der Waals surface area (Å²) in [5.74, 6) is -0.0230. The largest absolute Gasteiger partial charge is 0.354 e. The molecule has 0 spiro atoms. The zero-order chi connectivity index (χ0) is 22.7. The first-order chi connectivity index (χ1) is 15.4. The van der Waals surface area contributed by atoms with Gasteiger partial charge < -0.3 is 10.2 Å². The third-order valence-corrected chi connectivity index (χ3v) is 6.38. The van der Waals surface area contributed by atoms with Crippen molar-refractivity contribution < 1.29 is 9.59 Å². The predicted molar refractivity (Wildman–Crippen MR) is 130 cm³/mol. The van der Waals surface area contributed by atoms with Crippen LogP contribution in [0.25, 0.3) is 0 Å². The number of para-hydroxylation sites is 1. The van der Waals surface area contributed by atoms with E-state index in [9.17, 15) is 9.59 Å². The van der Waals surface area contributed by atoms with Crippen molar-refractivity contribution >= 4 is 40.6 Å². The SMILES string of the molecule is C[C@@H](NC(=O)CN1CC(=O)c2ccccc21)[C@H](Cc1ccc(Cl)cc1)c1ccc(Cl)cc1. The van der Waals surface area contributed by atoms with Gasteiger partial charge in [0.1, 0.15) is 0 Å². The number of rotatable bonds is 7. The number of nitrogens with one attached hydrogen (secondary N) is 1. The highest BCUT2D eigenvalue weighted by Crippen LogP contribution is 2.28. The molecule has 0 unspecified atom stereocenters. The van der Waals surface area contributed by atoms with Crippen LogP contribution in [0.4, 0.5) is 5.69 Å². The van der Waals surface area contributed by atoms with Gasteiger partial charge in [0.05, 0.1) is 13.1 Å². The first-order valence-electron chi connectivity index (χ1n) is 10.6. The van der Waals surface area contributed by atoms with E-state index in [1.165, 1.54) is 0 Å². The second-order valence-corrected chi connectivity index (χ2v) is 9.01. The molecule has 0 bridgehead atoms. The lowest BCUT2D eigenvalue weighted by Crippen LogP contribution is -2.43. The van der Waals surface area contributed by atoms with E-state index < -0.39 is 0 Å². The van der Waals surface area contributed by atoms with Crippen molar-refractivity contribution in [1.29, 1.82) is 0 Å². The Morgan fingerprint density at radius 2 is 1.59 bits per heavy atom. The standard InChI is InChI=1S/C26H24Cl2N2O2/c1-17(29-26(32)16-30-15-25(31)22-4-2-3-5-24(22)30)23(19-8-12-21(28)13-9-19)14-18-6-10-20(27)11-7-18/h2-13,17,23H,14-16H2,1H3,(H,29,32)/t17-,23+/m1/s1. The molecule has 1 N–H and O–H groups in total. The molecule has 6 heteroatoms. The van der Waals surface area contributed by atoms with Gasteiger partial charge in [0.15, 0.2) is 5.78 Å². The van der Waals surface area contributed by atoms with Crippen LogP contribution >= 0.6 is 23.2 Å². The molecule has 1 heterocycles. The monoisotopic (exact) mass is 466 g/mol. The number of anilines is 1. The Morgan fingerprint density at radius 1 is 0.969 bits per heavy atom. The van der Waals surface area contributed by atoms with E-state index in [2.05, 4.69) is 5.32 Å². The highest BCUT2D eigenvalue weighted by molar-refractivity contribution is 6.30. The molecule has 0 saturated heterocycles. The highest BCUT2D eigenvalue weighted by Gasteiger charge is 2.28.